The smallest absolute Gasteiger partial charge is 0.218 e. The standard InChI is InChI=1S/C6H14N2OS2/c1-8-3-5-11-10-4-2-6(7)9/h8H,2-5H2,1H3,(H2,7,9). The summed E-state index contributed by atoms with van der Waals surface area (Å²) in [5, 5.41) is 3.04. The molecule has 0 unspecified atom stereocenters. The van der Waals surface area contributed by atoms with Crippen LogP contribution in [-0.4, -0.2) is 31.0 Å². The molecule has 0 bridgehead atoms. The lowest BCUT2D eigenvalue weighted by atomic mass is 10.5. The van der Waals surface area contributed by atoms with Gasteiger partial charge in [0.1, 0.15) is 0 Å². The summed E-state index contributed by atoms with van der Waals surface area (Å²) < 4.78 is 0. The first kappa shape index (κ1) is 11.1. The average molecular weight is 194 g/mol. The Morgan fingerprint density at radius 3 is 2.64 bits per heavy atom. The molecule has 0 radical (unpaired) electrons. The summed E-state index contributed by atoms with van der Waals surface area (Å²) in [5.74, 6) is 1.68. The molecule has 0 aromatic rings. The van der Waals surface area contributed by atoms with Crippen LogP contribution in [0.2, 0.25) is 0 Å². The van der Waals surface area contributed by atoms with Crippen LogP contribution in [0.25, 0.3) is 0 Å². The van der Waals surface area contributed by atoms with Crippen LogP contribution in [0.1, 0.15) is 6.42 Å². The molecule has 0 fully saturated rings. The van der Waals surface area contributed by atoms with Gasteiger partial charge in [-0.15, -0.1) is 0 Å². The van der Waals surface area contributed by atoms with E-state index in [0.29, 0.717) is 6.42 Å². The largest absolute Gasteiger partial charge is 0.370 e. The number of primary amides is 1. The quantitative estimate of drug-likeness (QED) is 0.457. The van der Waals surface area contributed by atoms with Crippen molar-refractivity contribution in [3.63, 3.8) is 0 Å². The van der Waals surface area contributed by atoms with Gasteiger partial charge in [-0.05, 0) is 7.05 Å². The van der Waals surface area contributed by atoms with E-state index >= 15 is 0 Å². The van der Waals surface area contributed by atoms with Crippen LogP contribution in [0.15, 0.2) is 0 Å². The molecule has 0 spiro atoms. The van der Waals surface area contributed by atoms with Crippen molar-refractivity contribution in [2.75, 3.05) is 25.1 Å². The van der Waals surface area contributed by atoms with Gasteiger partial charge in [-0.25, -0.2) is 0 Å². The Hall–Kier alpha value is 0.130. The average Bonchev–Trinajstić information content (AvgIpc) is 1.96. The highest BCUT2D eigenvalue weighted by Gasteiger charge is 1.94. The highest BCUT2D eigenvalue weighted by Crippen LogP contribution is 2.20. The van der Waals surface area contributed by atoms with Gasteiger partial charge in [-0.3, -0.25) is 4.79 Å². The normalized spacial score (nSPS) is 9.91. The molecule has 0 saturated carbocycles. The first-order chi connectivity index (χ1) is 5.27. The van der Waals surface area contributed by atoms with Crippen LogP contribution in [0.3, 0.4) is 0 Å². The number of hydrogen-bond acceptors (Lipinski definition) is 4. The van der Waals surface area contributed by atoms with Crippen molar-refractivity contribution in [2.45, 2.75) is 6.42 Å². The maximum absolute atomic E-state index is 10.3. The monoisotopic (exact) mass is 194 g/mol. The fourth-order valence-corrected chi connectivity index (χ4v) is 2.42. The molecule has 66 valence electrons. The summed E-state index contributed by atoms with van der Waals surface area (Å²) in [4.78, 5) is 10.3. The first-order valence-corrected chi connectivity index (χ1v) is 5.93. The summed E-state index contributed by atoms with van der Waals surface area (Å²) in [6.45, 7) is 1.01. The summed E-state index contributed by atoms with van der Waals surface area (Å²) in [6.07, 6.45) is 0.483. The van der Waals surface area contributed by atoms with E-state index in [2.05, 4.69) is 5.32 Å². The lowest BCUT2D eigenvalue weighted by Gasteiger charge is -1.98. The van der Waals surface area contributed by atoms with E-state index < -0.39 is 0 Å². The third-order valence-electron chi connectivity index (χ3n) is 0.951. The Morgan fingerprint density at radius 2 is 2.09 bits per heavy atom. The Kier molecular flexibility index (Phi) is 8.33. The molecule has 0 aromatic carbocycles. The molecule has 0 atom stereocenters. The van der Waals surface area contributed by atoms with Crippen molar-refractivity contribution < 1.29 is 4.79 Å². The zero-order chi connectivity index (χ0) is 8.53. The molecule has 0 aliphatic carbocycles. The lowest BCUT2D eigenvalue weighted by Crippen LogP contribution is -2.11. The van der Waals surface area contributed by atoms with Crippen molar-refractivity contribution in [2.24, 2.45) is 5.73 Å². The van der Waals surface area contributed by atoms with E-state index in [9.17, 15) is 4.79 Å². The van der Waals surface area contributed by atoms with Gasteiger partial charge >= 0.3 is 0 Å². The fourth-order valence-electron chi connectivity index (χ4n) is 0.404. The van der Waals surface area contributed by atoms with Crippen LogP contribution in [-0.2, 0) is 4.79 Å². The molecule has 3 nitrogen and oxygen atoms in total. The summed E-state index contributed by atoms with van der Waals surface area (Å²) in [6, 6.07) is 0. The molecule has 0 rings (SSSR count). The van der Waals surface area contributed by atoms with Crippen molar-refractivity contribution in [1.82, 2.24) is 5.32 Å². The van der Waals surface area contributed by atoms with Gasteiger partial charge in [-0.1, -0.05) is 21.6 Å². The lowest BCUT2D eigenvalue weighted by molar-refractivity contribution is -0.117. The fraction of sp³-hybridized carbons (Fsp3) is 0.833. The van der Waals surface area contributed by atoms with Gasteiger partial charge in [0.15, 0.2) is 0 Å². The van der Waals surface area contributed by atoms with Crippen molar-refractivity contribution in [3.8, 4) is 0 Å². The second-order valence-corrected chi connectivity index (χ2v) is 4.67. The number of carbonyl (C=O) groups excluding carboxylic acids is 1. The Morgan fingerprint density at radius 1 is 1.45 bits per heavy atom. The predicted octanol–water partition coefficient (Wildman–Crippen LogP) is 0.463. The topological polar surface area (TPSA) is 55.1 Å². The van der Waals surface area contributed by atoms with Crippen LogP contribution >= 0.6 is 21.6 Å². The molecular weight excluding hydrogens is 180 g/mol. The third-order valence-corrected chi connectivity index (χ3v) is 3.36. The molecule has 0 aromatic heterocycles. The predicted molar refractivity (Wildman–Crippen MR) is 52.7 cm³/mol. The van der Waals surface area contributed by atoms with Crippen LogP contribution in [0.4, 0.5) is 0 Å². The van der Waals surface area contributed by atoms with Gasteiger partial charge in [0.2, 0.25) is 5.91 Å². The summed E-state index contributed by atoms with van der Waals surface area (Å²) >= 11 is 0. The van der Waals surface area contributed by atoms with Crippen molar-refractivity contribution >= 4 is 27.5 Å². The summed E-state index contributed by atoms with van der Waals surface area (Å²) in [5.41, 5.74) is 4.96. The van der Waals surface area contributed by atoms with Gasteiger partial charge in [0.05, 0.1) is 0 Å². The van der Waals surface area contributed by atoms with Gasteiger partial charge in [0.25, 0.3) is 0 Å². The maximum Gasteiger partial charge on any atom is 0.218 e. The number of nitrogens with one attached hydrogen (secondary N) is 1. The summed E-state index contributed by atoms with van der Waals surface area (Å²) in [7, 11) is 5.39. The molecule has 0 heterocycles. The van der Waals surface area contributed by atoms with Gasteiger partial charge in [-0.2, -0.15) is 0 Å². The molecule has 1 amide bonds. The van der Waals surface area contributed by atoms with Crippen LogP contribution in [0.5, 0.6) is 0 Å². The minimum Gasteiger partial charge on any atom is -0.370 e. The van der Waals surface area contributed by atoms with Crippen LogP contribution < -0.4 is 11.1 Å². The Labute approximate surface area is 75.3 Å². The number of carbonyl (C=O) groups is 1. The SMILES string of the molecule is CNCCSSCCC(N)=O. The zero-order valence-corrected chi connectivity index (χ0v) is 8.26. The second kappa shape index (κ2) is 8.23. The van der Waals surface area contributed by atoms with Crippen molar-refractivity contribution in [1.29, 1.82) is 0 Å². The Bertz CT molecular complexity index is 111. The molecular formula is C6H14N2OS2. The van der Waals surface area contributed by atoms with E-state index in [4.69, 9.17) is 5.73 Å². The minimum absolute atomic E-state index is 0.216. The number of hydrogen-bond donors (Lipinski definition) is 2. The van der Waals surface area contributed by atoms with Crippen molar-refractivity contribution in [3.05, 3.63) is 0 Å². The number of rotatable bonds is 7. The van der Waals surface area contributed by atoms with Crippen LogP contribution in [0, 0.1) is 0 Å². The molecule has 3 N–H and O–H groups in total. The Balaban J connectivity index is 2.85. The highest BCUT2D eigenvalue weighted by atomic mass is 33.1. The second-order valence-electron chi connectivity index (χ2n) is 1.96. The van der Waals surface area contributed by atoms with Gasteiger partial charge < -0.3 is 11.1 Å². The van der Waals surface area contributed by atoms with E-state index in [0.717, 1.165) is 18.1 Å². The molecule has 0 aliphatic rings. The molecule has 0 saturated heterocycles. The number of nitrogens with two attached hydrogens (primary N) is 1. The highest BCUT2D eigenvalue weighted by molar-refractivity contribution is 8.76. The third kappa shape index (κ3) is 10.1. The minimum atomic E-state index is -0.216. The molecule has 11 heavy (non-hydrogen) atoms. The van der Waals surface area contributed by atoms with Gasteiger partial charge in [0, 0.05) is 24.5 Å². The van der Waals surface area contributed by atoms with E-state index in [-0.39, 0.29) is 5.91 Å². The molecule has 5 heteroatoms. The van der Waals surface area contributed by atoms with E-state index in [1.807, 2.05) is 7.05 Å². The maximum atomic E-state index is 10.3. The number of amides is 1. The van der Waals surface area contributed by atoms with E-state index in [1.54, 1.807) is 21.6 Å². The molecule has 0 aliphatic heterocycles. The van der Waals surface area contributed by atoms with E-state index in [1.165, 1.54) is 0 Å². The first-order valence-electron chi connectivity index (χ1n) is 3.44. The zero-order valence-electron chi connectivity index (χ0n) is 6.63.